The highest BCUT2D eigenvalue weighted by molar-refractivity contribution is 7.99. The fourth-order valence-corrected chi connectivity index (χ4v) is 3.85. The average molecular weight is 388 g/mol. The highest BCUT2D eigenvalue weighted by Gasteiger charge is 2.22. The summed E-state index contributed by atoms with van der Waals surface area (Å²) in [5.41, 5.74) is 0.562. The second-order valence-corrected chi connectivity index (χ2v) is 7.72. The fourth-order valence-electron chi connectivity index (χ4n) is 3.24. The standard InChI is InChI=1S/C19H24N4O3S/c1-12-5-3-4-6-15(12)20-16(24)11-27-19-21-18(25)17(22-23-19)13-7-9-14(26-2)10-8-13/h7-10,12,15H,3-6,11H2,1-2H3,(H,20,24)(H,21,23,25)/t12-,15-/m0/s1. The number of carbonyl (C=O) groups is 1. The second-order valence-electron chi connectivity index (χ2n) is 6.76. The largest absolute Gasteiger partial charge is 0.497 e. The smallest absolute Gasteiger partial charge is 0.278 e. The van der Waals surface area contributed by atoms with Crippen molar-refractivity contribution in [1.29, 1.82) is 0 Å². The fraction of sp³-hybridized carbons (Fsp3) is 0.474. The van der Waals surface area contributed by atoms with Crippen LogP contribution in [-0.4, -0.2) is 40.0 Å². The van der Waals surface area contributed by atoms with Crippen molar-refractivity contribution in [3.05, 3.63) is 34.6 Å². The van der Waals surface area contributed by atoms with Crippen LogP contribution in [0.5, 0.6) is 5.75 Å². The Morgan fingerprint density at radius 2 is 2.00 bits per heavy atom. The van der Waals surface area contributed by atoms with Gasteiger partial charge in [-0.2, -0.15) is 0 Å². The number of nitrogens with one attached hydrogen (secondary N) is 2. The number of ether oxygens (including phenoxy) is 1. The Morgan fingerprint density at radius 3 is 2.67 bits per heavy atom. The number of hydrogen-bond acceptors (Lipinski definition) is 6. The van der Waals surface area contributed by atoms with E-state index in [1.165, 1.54) is 18.2 Å². The molecule has 144 valence electrons. The molecule has 0 bridgehead atoms. The molecule has 1 fully saturated rings. The topological polar surface area (TPSA) is 97.0 Å². The summed E-state index contributed by atoms with van der Waals surface area (Å²) in [4.78, 5) is 27.2. The molecule has 0 unspecified atom stereocenters. The zero-order valence-corrected chi connectivity index (χ0v) is 16.3. The third-order valence-corrected chi connectivity index (χ3v) is 5.70. The molecule has 1 aromatic carbocycles. The number of aromatic amines is 1. The van der Waals surface area contributed by atoms with E-state index in [0.29, 0.717) is 22.4 Å². The molecule has 2 atom stereocenters. The molecule has 2 N–H and O–H groups in total. The Labute approximate surface area is 162 Å². The van der Waals surface area contributed by atoms with E-state index in [1.807, 2.05) is 0 Å². The molecule has 8 heteroatoms. The number of H-pyrrole nitrogens is 1. The summed E-state index contributed by atoms with van der Waals surface area (Å²) in [6.07, 6.45) is 4.59. The number of thioether (sulfide) groups is 1. The molecule has 3 rings (SSSR count). The van der Waals surface area contributed by atoms with Crippen molar-refractivity contribution in [3.63, 3.8) is 0 Å². The van der Waals surface area contributed by atoms with Gasteiger partial charge in [0, 0.05) is 11.6 Å². The Hall–Kier alpha value is -2.35. The molecule has 2 aromatic rings. The van der Waals surface area contributed by atoms with Gasteiger partial charge in [0.15, 0.2) is 10.9 Å². The molecular weight excluding hydrogens is 364 g/mol. The Kier molecular flexibility index (Phi) is 6.49. The van der Waals surface area contributed by atoms with Crippen LogP contribution in [0.4, 0.5) is 0 Å². The lowest BCUT2D eigenvalue weighted by Gasteiger charge is -2.29. The summed E-state index contributed by atoms with van der Waals surface area (Å²) < 4.78 is 5.11. The van der Waals surface area contributed by atoms with E-state index in [1.54, 1.807) is 31.4 Å². The third-order valence-electron chi connectivity index (χ3n) is 4.84. The summed E-state index contributed by atoms with van der Waals surface area (Å²) in [5.74, 6) is 1.38. The minimum absolute atomic E-state index is 0.0411. The van der Waals surface area contributed by atoms with Gasteiger partial charge < -0.3 is 10.1 Å². The minimum Gasteiger partial charge on any atom is -0.497 e. The second kappa shape index (κ2) is 9.03. The van der Waals surface area contributed by atoms with Gasteiger partial charge in [0.2, 0.25) is 5.91 Å². The molecule has 1 aliphatic rings. The van der Waals surface area contributed by atoms with E-state index >= 15 is 0 Å². The van der Waals surface area contributed by atoms with Crippen molar-refractivity contribution in [3.8, 4) is 17.0 Å². The molecular formula is C19H24N4O3S. The van der Waals surface area contributed by atoms with Crippen molar-refractivity contribution >= 4 is 17.7 Å². The lowest BCUT2D eigenvalue weighted by atomic mass is 9.86. The van der Waals surface area contributed by atoms with Crippen molar-refractivity contribution in [2.75, 3.05) is 12.9 Å². The van der Waals surface area contributed by atoms with Crippen LogP contribution in [0.25, 0.3) is 11.3 Å². The summed E-state index contributed by atoms with van der Waals surface area (Å²) in [6.45, 7) is 2.18. The Balaban J connectivity index is 1.58. The zero-order chi connectivity index (χ0) is 19.2. The summed E-state index contributed by atoms with van der Waals surface area (Å²) in [6, 6.07) is 7.27. The van der Waals surface area contributed by atoms with Crippen molar-refractivity contribution in [2.45, 2.75) is 43.8 Å². The van der Waals surface area contributed by atoms with Gasteiger partial charge >= 0.3 is 0 Å². The quantitative estimate of drug-likeness (QED) is 0.739. The minimum atomic E-state index is -0.334. The number of benzene rings is 1. The number of carbonyl (C=O) groups excluding carboxylic acids is 1. The van der Waals surface area contributed by atoms with Gasteiger partial charge in [-0.05, 0) is 43.0 Å². The molecule has 0 spiro atoms. The van der Waals surface area contributed by atoms with Gasteiger partial charge in [-0.25, -0.2) is 0 Å². The van der Waals surface area contributed by atoms with Gasteiger partial charge in [-0.3, -0.25) is 14.6 Å². The van der Waals surface area contributed by atoms with E-state index in [0.717, 1.165) is 19.3 Å². The third kappa shape index (κ3) is 5.09. The van der Waals surface area contributed by atoms with Gasteiger partial charge in [0.25, 0.3) is 5.56 Å². The molecule has 1 amide bonds. The maximum Gasteiger partial charge on any atom is 0.278 e. The predicted octanol–water partition coefficient (Wildman–Crippen LogP) is 2.63. The maximum absolute atomic E-state index is 12.3. The van der Waals surface area contributed by atoms with E-state index in [4.69, 9.17) is 4.74 Å². The van der Waals surface area contributed by atoms with E-state index in [9.17, 15) is 9.59 Å². The first-order valence-corrected chi connectivity index (χ1v) is 10.1. The van der Waals surface area contributed by atoms with E-state index < -0.39 is 0 Å². The van der Waals surface area contributed by atoms with Gasteiger partial charge in [-0.1, -0.05) is 31.5 Å². The van der Waals surface area contributed by atoms with Crippen LogP contribution in [-0.2, 0) is 4.79 Å². The number of methoxy groups -OCH3 is 1. The Bertz CT molecular complexity index is 838. The van der Waals surface area contributed by atoms with E-state index in [-0.39, 0.29) is 29.0 Å². The maximum atomic E-state index is 12.3. The number of rotatable bonds is 6. The van der Waals surface area contributed by atoms with Crippen molar-refractivity contribution in [2.24, 2.45) is 5.92 Å². The lowest BCUT2D eigenvalue weighted by molar-refractivity contribution is -0.119. The SMILES string of the molecule is COc1ccc(-c2nnc(SCC(=O)N[C@H]3CCCC[C@@H]3C)[nH]c2=O)cc1. The molecule has 1 aliphatic carbocycles. The first-order chi connectivity index (χ1) is 13.1. The van der Waals surface area contributed by atoms with E-state index in [2.05, 4.69) is 27.4 Å². The number of nitrogens with zero attached hydrogens (tertiary/aromatic N) is 2. The van der Waals surface area contributed by atoms with Crippen LogP contribution in [0.15, 0.2) is 34.2 Å². The van der Waals surface area contributed by atoms with Crippen LogP contribution in [0, 0.1) is 5.92 Å². The first kappa shape index (κ1) is 19.4. The summed E-state index contributed by atoms with van der Waals surface area (Å²) in [7, 11) is 1.58. The zero-order valence-electron chi connectivity index (χ0n) is 15.5. The molecule has 0 aliphatic heterocycles. The van der Waals surface area contributed by atoms with Crippen LogP contribution in [0.1, 0.15) is 32.6 Å². The predicted molar refractivity (Wildman–Crippen MR) is 105 cm³/mol. The van der Waals surface area contributed by atoms with Crippen molar-refractivity contribution in [1.82, 2.24) is 20.5 Å². The average Bonchev–Trinajstić information content (AvgIpc) is 2.68. The van der Waals surface area contributed by atoms with Crippen LogP contribution >= 0.6 is 11.8 Å². The summed E-state index contributed by atoms with van der Waals surface area (Å²) >= 11 is 1.18. The molecule has 27 heavy (non-hydrogen) atoms. The molecule has 1 heterocycles. The van der Waals surface area contributed by atoms with Gasteiger partial charge in [0.05, 0.1) is 12.9 Å². The van der Waals surface area contributed by atoms with Crippen LogP contribution in [0.3, 0.4) is 0 Å². The normalized spacial score (nSPS) is 19.5. The number of aromatic nitrogens is 3. The number of amides is 1. The van der Waals surface area contributed by atoms with Crippen molar-refractivity contribution < 1.29 is 9.53 Å². The highest BCUT2D eigenvalue weighted by atomic mass is 32.2. The molecule has 0 radical (unpaired) electrons. The first-order valence-electron chi connectivity index (χ1n) is 9.10. The van der Waals surface area contributed by atoms with Crippen LogP contribution < -0.4 is 15.6 Å². The van der Waals surface area contributed by atoms with Gasteiger partial charge in [0.1, 0.15) is 5.75 Å². The molecule has 1 saturated carbocycles. The van der Waals surface area contributed by atoms with Crippen LogP contribution in [0.2, 0.25) is 0 Å². The Morgan fingerprint density at radius 1 is 1.26 bits per heavy atom. The molecule has 1 aromatic heterocycles. The monoisotopic (exact) mass is 388 g/mol. The molecule has 0 saturated heterocycles. The van der Waals surface area contributed by atoms with Gasteiger partial charge in [-0.15, -0.1) is 10.2 Å². The lowest BCUT2D eigenvalue weighted by Crippen LogP contribution is -2.41. The number of hydrogen-bond donors (Lipinski definition) is 2. The molecule has 7 nitrogen and oxygen atoms in total. The summed E-state index contributed by atoms with van der Waals surface area (Å²) in [5, 5.41) is 11.5. The highest BCUT2D eigenvalue weighted by Crippen LogP contribution is 2.24.